The molecule has 5 nitrogen and oxygen atoms in total. The van der Waals surface area contributed by atoms with Gasteiger partial charge in [-0.2, -0.15) is 0 Å². The minimum Gasteiger partial charge on any atom is -0.460 e. The molecular formula is C11H17NO4. The minimum atomic E-state index is -0.532. The highest BCUT2D eigenvalue weighted by Crippen LogP contribution is 2.13. The Hall–Kier alpha value is -1.39. The first kappa shape index (κ1) is 12.7. The Labute approximate surface area is 94.7 Å². The van der Waals surface area contributed by atoms with Crippen LogP contribution in [-0.4, -0.2) is 34.8 Å². The molecule has 1 rings (SSSR count). The fraction of sp³-hybridized carbons (Fsp3) is 0.727. The number of esters is 1. The van der Waals surface area contributed by atoms with Crippen LogP contribution in [0.5, 0.6) is 0 Å². The van der Waals surface area contributed by atoms with E-state index in [1.54, 1.807) is 20.8 Å². The number of likely N-dealkylation sites (tertiary alicyclic amines) is 1. The van der Waals surface area contributed by atoms with Crippen molar-refractivity contribution < 1.29 is 19.1 Å². The zero-order chi connectivity index (χ0) is 12.3. The van der Waals surface area contributed by atoms with Crippen LogP contribution in [0.4, 0.5) is 0 Å². The lowest BCUT2D eigenvalue weighted by atomic mass is 10.2. The Balaban J connectivity index is 2.37. The highest BCUT2D eigenvalue weighted by molar-refractivity contribution is 6.02. The summed E-state index contributed by atoms with van der Waals surface area (Å²) in [6, 6.07) is 0. The van der Waals surface area contributed by atoms with E-state index in [2.05, 4.69) is 0 Å². The van der Waals surface area contributed by atoms with Crippen molar-refractivity contribution in [3.63, 3.8) is 0 Å². The number of carbonyl (C=O) groups excluding carboxylic acids is 3. The third-order valence-corrected chi connectivity index (χ3v) is 2.11. The molecule has 0 radical (unpaired) electrons. The number of ether oxygens (including phenoxy) is 1. The summed E-state index contributed by atoms with van der Waals surface area (Å²) in [4.78, 5) is 35.0. The molecule has 0 unspecified atom stereocenters. The molecule has 0 aromatic heterocycles. The Bertz CT molecular complexity index is 300. The molecule has 0 aromatic carbocycles. The molecule has 0 atom stereocenters. The second kappa shape index (κ2) is 4.63. The zero-order valence-electron chi connectivity index (χ0n) is 9.91. The minimum absolute atomic E-state index is 0.0642. The van der Waals surface area contributed by atoms with Gasteiger partial charge in [-0.05, 0) is 20.8 Å². The van der Waals surface area contributed by atoms with Crippen LogP contribution in [0.3, 0.4) is 0 Å². The van der Waals surface area contributed by atoms with Crippen LogP contribution >= 0.6 is 0 Å². The van der Waals surface area contributed by atoms with Gasteiger partial charge < -0.3 is 4.74 Å². The van der Waals surface area contributed by atoms with Gasteiger partial charge in [-0.25, -0.2) is 0 Å². The van der Waals surface area contributed by atoms with E-state index in [1.807, 2.05) is 0 Å². The fourth-order valence-electron chi connectivity index (χ4n) is 1.47. The molecule has 1 aliphatic rings. The monoisotopic (exact) mass is 227 g/mol. The predicted octanol–water partition coefficient (Wildman–Crippen LogP) is 0.867. The molecule has 5 heteroatoms. The van der Waals surface area contributed by atoms with Crippen LogP contribution in [0.15, 0.2) is 0 Å². The summed E-state index contributed by atoms with van der Waals surface area (Å²) in [5, 5.41) is 0. The van der Waals surface area contributed by atoms with Crippen molar-refractivity contribution in [1.29, 1.82) is 0 Å². The van der Waals surface area contributed by atoms with E-state index in [0.29, 0.717) is 0 Å². The van der Waals surface area contributed by atoms with Crippen molar-refractivity contribution in [3.05, 3.63) is 0 Å². The molecule has 1 aliphatic heterocycles. The topological polar surface area (TPSA) is 63.7 Å². The zero-order valence-corrected chi connectivity index (χ0v) is 9.91. The lowest BCUT2D eigenvalue weighted by Gasteiger charge is -2.20. The number of rotatable bonds is 3. The Morgan fingerprint density at radius 3 is 2.19 bits per heavy atom. The average molecular weight is 227 g/mol. The molecular weight excluding hydrogens is 210 g/mol. The van der Waals surface area contributed by atoms with Crippen LogP contribution in [0, 0.1) is 0 Å². The second-order valence-corrected chi connectivity index (χ2v) is 4.78. The molecule has 1 fully saturated rings. The largest absolute Gasteiger partial charge is 0.460 e. The van der Waals surface area contributed by atoms with Gasteiger partial charge >= 0.3 is 5.97 Å². The Morgan fingerprint density at radius 2 is 1.75 bits per heavy atom. The van der Waals surface area contributed by atoms with Crippen molar-refractivity contribution >= 4 is 17.8 Å². The van der Waals surface area contributed by atoms with Gasteiger partial charge in [0.1, 0.15) is 5.60 Å². The lowest BCUT2D eigenvalue weighted by molar-refractivity contribution is -0.155. The van der Waals surface area contributed by atoms with E-state index in [1.165, 1.54) is 0 Å². The number of hydrogen-bond acceptors (Lipinski definition) is 4. The maximum Gasteiger partial charge on any atom is 0.308 e. The van der Waals surface area contributed by atoms with Gasteiger partial charge in [-0.3, -0.25) is 19.3 Å². The molecule has 90 valence electrons. The molecule has 1 heterocycles. The molecule has 0 bridgehead atoms. The van der Waals surface area contributed by atoms with Crippen LogP contribution in [0.1, 0.15) is 40.0 Å². The van der Waals surface area contributed by atoms with Crippen LogP contribution in [0.2, 0.25) is 0 Å². The number of hydrogen-bond donors (Lipinski definition) is 0. The summed E-state index contributed by atoms with van der Waals surface area (Å²) in [6.45, 7) is 5.46. The lowest BCUT2D eigenvalue weighted by Crippen LogP contribution is -2.33. The van der Waals surface area contributed by atoms with E-state index in [0.717, 1.165) is 4.90 Å². The number of amides is 2. The molecule has 2 amide bonds. The molecule has 0 N–H and O–H groups in total. The van der Waals surface area contributed by atoms with E-state index >= 15 is 0 Å². The van der Waals surface area contributed by atoms with Crippen molar-refractivity contribution in [2.24, 2.45) is 0 Å². The highest BCUT2D eigenvalue weighted by atomic mass is 16.6. The Kier molecular flexibility index (Phi) is 3.67. The first-order chi connectivity index (χ1) is 7.29. The van der Waals surface area contributed by atoms with Gasteiger partial charge in [0, 0.05) is 19.4 Å². The maximum absolute atomic E-state index is 11.4. The summed E-state index contributed by atoms with van der Waals surface area (Å²) in [5.41, 5.74) is -0.532. The summed E-state index contributed by atoms with van der Waals surface area (Å²) in [5.74, 6) is -0.790. The highest BCUT2D eigenvalue weighted by Gasteiger charge is 2.29. The molecule has 16 heavy (non-hydrogen) atoms. The van der Waals surface area contributed by atoms with Gasteiger partial charge in [0.25, 0.3) is 0 Å². The number of imide groups is 1. The summed E-state index contributed by atoms with van der Waals surface area (Å²) < 4.78 is 5.08. The van der Waals surface area contributed by atoms with E-state index in [9.17, 15) is 14.4 Å². The van der Waals surface area contributed by atoms with Crippen molar-refractivity contribution in [2.45, 2.75) is 45.6 Å². The van der Waals surface area contributed by atoms with E-state index in [4.69, 9.17) is 4.74 Å². The quantitative estimate of drug-likeness (QED) is 0.530. The first-order valence-electron chi connectivity index (χ1n) is 5.34. The van der Waals surface area contributed by atoms with Crippen molar-refractivity contribution in [2.75, 3.05) is 6.54 Å². The van der Waals surface area contributed by atoms with Gasteiger partial charge in [0.15, 0.2) is 0 Å². The molecule has 1 saturated heterocycles. The molecule has 0 spiro atoms. The smallest absolute Gasteiger partial charge is 0.308 e. The van der Waals surface area contributed by atoms with Crippen LogP contribution in [0.25, 0.3) is 0 Å². The maximum atomic E-state index is 11.4. The van der Waals surface area contributed by atoms with Crippen LogP contribution in [-0.2, 0) is 19.1 Å². The standard InChI is InChI=1S/C11H17NO4/c1-11(2,3)16-10(15)6-7-12-8(13)4-5-9(12)14/h4-7H2,1-3H3. The number of carbonyl (C=O) groups is 3. The predicted molar refractivity (Wildman–Crippen MR) is 56.4 cm³/mol. The normalized spacial score (nSPS) is 16.8. The molecule has 0 aromatic rings. The van der Waals surface area contributed by atoms with E-state index < -0.39 is 5.60 Å². The summed E-state index contributed by atoms with van der Waals surface area (Å²) >= 11 is 0. The van der Waals surface area contributed by atoms with Gasteiger partial charge in [0.2, 0.25) is 11.8 Å². The SMILES string of the molecule is CC(C)(C)OC(=O)CCN1C(=O)CCC1=O. The fourth-order valence-corrected chi connectivity index (χ4v) is 1.47. The third kappa shape index (κ3) is 3.64. The summed E-state index contributed by atoms with van der Waals surface area (Å²) in [6.07, 6.45) is 0.578. The first-order valence-corrected chi connectivity index (χ1v) is 5.34. The van der Waals surface area contributed by atoms with Crippen molar-refractivity contribution in [1.82, 2.24) is 4.90 Å². The molecule has 0 aliphatic carbocycles. The Morgan fingerprint density at radius 1 is 1.25 bits per heavy atom. The van der Waals surface area contributed by atoms with Gasteiger partial charge in [-0.1, -0.05) is 0 Å². The number of nitrogens with zero attached hydrogens (tertiary/aromatic N) is 1. The second-order valence-electron chi connectivity index (χ2n) is 4.78. The summed E-state index contributed by atoms with van der Waals surface area (Å²) in [7, 11) is 0. The van der Waals surface area contributed by atoms with Crippen LogP contribution < -0.4 is 0 Å². The van der Waals surface area contributed by atoms with E-state index in [-0.39, 0.29) is 43.6 Å². The van der Waals surface area contributed by atoms with Gasteiger partial charge in [0.05, 0.1) is 6.42 Å². The van der Waals surface area contributed by atoms with Crippen molar-refractivity contribution in [3.8, 4) is 0 Å². The third-order valence-electron chi connectivity index (χ3n) is 2.11. The van der Waals surface area contributed by atoms with Gasteiger partial charge in [-0.15, -0.1) is 0 Å². The molecule has 0 saturated carbocycles. The average Bonchev–Trinajstić information content (AvgIpc) is 2.41.